The monoisotopic (exact) mass is 372 g/mol. The van der Waals surface area contributed by atoms with E-state index in [1.54, 1.807) is 0 Å². The van der Waals surface area contributed by atoms with Crippen LogP contribution in [0, 0.1) is 5.92 Å². The summed E-state index contributed by atoms with van der Waals surface area (Å²) in [5.41, 5.74) is 0.976. The van der Waals surface area contributed by atoms with Gasteiger partial charge in [0.05, 0.1) is 6.10 Å². The Hall–Kier alpha value is -1.88. The molecule has 2 N–H and O–H groups in total. The van der Waals surface area contributed by atoms with Gasteiger partial charge in [0.1, 0.15) is 0 Å². The number of carbonyl (C=O) groups excluding carboxylic acids is 2. The van der Waals surface area contributed by atoms with Gasteiger partial charge < -0.3 is 15.3 Å². The summed E-state index contributed by atoms with van der Waals surface area (Å²) < 4.78 is 0. The number of likely N-dealkylation sites (tertiary alicyclic amines) is 1. The first-order valence-electron chi connectivity index (χ1n) is 10.3. The largest absolute Gasteiger partial charge is 0.392 e. The lowest BCUT2D eigenvalue weighted by Crippen LogP contribution is -2.44. The summed E-state index contributed by atoms with van der Waals surface area (Å²) in [7, 11) is 0. The summed E-state index contributed by atoms with van der Waals surface area (Å²) in [5.74, 6) is 0.544. The maximum Gasteiger partial charge on any atom is 0.222 e. The van der Waals surface area contributed by atoms with Gasteiger partial charge in [0.2, 0.25) is 11.8 Å². The Kier molecular flexibility index (Phi) is 6.53. The Morgan fingerprint density at radius 1 is 1.30 bits per heavy atom. The van der Waals surface area contributed by atoms with Gasteiger partial charge in [-0.2, -0.15) is 0 Å². The van der Waals surface area contributed by atoms with Crippen molar-refractivity contribution >= 4 is 11.8 Å². The lowest BCUT2D eigenvalue weighted by molar-refractivity contribution is -0.133. The van der Waals surface area contributed by atoms with Gasteiger partial charge in [0.25, 0.3) is 0 Å². The van der Waals surface area contributed by atoms with Crippen molar-refractivity contribution in [2.45, 2.75) is 69.9 Å². The molecule has 0 unspecified atom stereocenters. The van der Waals surface area contributed by atoms with Gasteiger partial charge in [-0.3, -0.25) is 9.59 Å². The van der Waals surface area contributed by atoms with E-state index in [2.05, 4.69) is 12.2 Å². The third-order valence-electron chi connectivity index (χ3n) is 6.45. The molecule has 0 aromatic heterocycles. The highest BCUT2D eigenvalue weighted by Gasteiger charge is 2.36. The summed E-state index contributed by atoms with van der Waals surface area (Å²) >= 11 is 0. The van der Waals surface area contributed by atoms with Gasteiger partial charge in [0.15, 0.2) is 0 Å². The first-order valence-corrected chi connectivity index (χ1v) is 10.3. The number of rotatable bonds is 7. The summed E-state index contributed by atoms with van der Waals surface area (Å²) in [6, 6.07) is 10.1. The minimum Gasteiger partial charge on any atom is -0.392 e. The highest BCUT2D eigenvalue weighted by Crippen LogP contribution is 2.30. The van der Waals surface area contributed by atoms with E-state index in [0.29, 0.717) is 19.3 Å². The van der Waals surface area contributed by atoms with Crippen LogP contribution in [0.5, 0.6) is 0 Å². The summed E-state index contributed by atoms with van der Waals surface area (Å²) in [6.07, 6.45) is 5.55. The highest BCUT2D eigenvalue weighted by atomic mass is 16.3. The van der Waals surface area contributed by atoms with Gasteiger partial charge >= 0.3 is 0 Å². The number of nitrogens with one attached hydrogen (secondary N) is 1. The Morgan fingerprint density at radius 2 is 2.00 bits per heavy atom. The van der Waals surface area contributed by atoms with Crippen LogP contribution in [0.15, 0.2) is 30.3 Å². The number of hydrogen-bond acceptors (Lipinski definition) is 3. The van der Waals surface area contributed by atoms with Crippen molar-refractivity contribution in [3.8, 4) is 0 Å². The van der Waals surface area contributed by atoms with Crippen LogP contribution in [-0.4, -0.2) is 46.6 Å². The molecule has 2 amide bonds. The third kappa shape index (κ3) is 5.10. The number of carbonyl (C=O) groups is 2. The second-order valence-corrected chi connectivity index (χ2v) is 8.16. The average molecular weight is 373 g/mol. The number of piperidine rings is 1. The van der Waals surface area contributed by atoms with E-state index >= 15 is 0 Å². The highest BCUT2D eigenvalue weighted by molar-refractivity contribution is 5.80. The molecule has 2 atom stereocenters. The molecule has 2 saturated heterocycles. The van der Waals surface area contributed by atoms with E-state index in [4.69, 9.17) is 0 Å². The fraction of sp³-hybridized carbons (Fsp3) is 0.636. The zero-order valence-electron chi connectivity index (χ0n) is 16.3. The van der Waals surface area contributed by atoms with Gasteiger partial charge in [-0.1, -0.05) is 37.3 Å². The standard InChI is InChI=1S/C22H32N2O3/c1-2-22(12-8-20(26)23-22)13-9-21(27)24-14-10-18(11-15-24)19(25)16-17-6-4-3-5-7-17/h3-7,18-19,25H,2,8-16H2,1H3,(H,23,26)/t19-,22-/m0/s1. The number of amides is 2. The van der Waals surface area contributed by atoms with Gasteiger partial charge in [-0.05, 0) is 50.0 Å². The molecule has 0 spiro atoms. The third-order valence-corrected chi connectivity index (χ3v) is 6.45. The van der Waals surface area contributed by atoms with E-state index in [1.165, 1.54) is 0 Å². The fourth-order valence-corrected chi connectivity index (χ4v) is 4.46. The van der Waals surface area contributed by atoms with E-state index < -0.39 is 0 Å². The molecule has 1 aromatic carbocycles. The zero-order valence-corrected chi connectivity index (χ0v) is 16.3. The van der Waals surface area contributed by atoms with Gasteiger partial charge in [-0.25, -0.2) is 0 Å². The molecule has 0 radical (unpaired) electrons. The second-order valence-electron chi connectivity index (χ2n) is 8.16. The van der Waals surface area contributed by atoms with Crippen molar-refractivity contribution in [3.63, 3.8) is 0 Å². The molecule has 0 aliphatic carbocycles. The molecule has 2 aliphatic rings. The molecule has 1 aromatic rings. The Morgan fingerprint density at radius 3 is 2.59 bits per heavy atom. The van der Waals surface area contributed by atoms with Crippen LogP contribution in [-0.2, 0) is 16.0 Å². The topological polar surface area (TPSA) is 69.6 Å². The molecule has 2 fully saturated rings. The fourth-order valence-electron chi connectivity index (χ4n) is 4.46. The van der Waals surface area contributed by atoms with Crippen molar-refractivity contribution in [1.82, 2.24) is 10.2 Å². The van der Waals surface area contributed by atoms with E-state index in [0.717, 1.165) is 50.8 Å². The number of aliphatic hydroxyl groups excluding tert-OH is 1. The molecule has 0 bridgehead atoms. The second kappa shape index (κ2) is 8.87. The van der Waals surface area contributed by atoms with Crippen molar-refractivity contribution in [2.75, 3.05) is 13.1 Å². The molecular formula is C22H32N2O3. The summed E-state index contributed by atoms with van der Waals surface area (Å²) in [4.78, 5) is 26.1. The predicted octanol–water partition coefficient (Wildman–Crippen LogP) is 2.67. The molecule has 2 aliphatic heterocycles. The summed E-state index contributed by atoms with van der Waals surface area (Å²) in [6.45, 7) is 3.53. The quantitative estimate of drug-likeness (QED) is 0.773. The minimum absolute atomic E-state index is 0.109. The van der Waals surface area contributed by atoms with Crippen LogP contribution >= 0.6 is 0 Å². The number of hydrogen-bond donors (Lipinski definition) is 2. The normalized spacial score (nSPS) is 24.7. The Labute approximate surface area is 162 Å². The maximum atomic E-state index is 12.6. The number of benzene rings is 1. The van der Waals surface area contributed by atoms with Crippen LogP contribution in [0.3, 0.4) is 0 Å². The van der Waals surface area contributed by atoms with Crippen LogP contribution in [0.1, 0.15) is 57.4 Å². The van der Waals surface area contributed by atoms with Crippen molar-refractivity contribution in [3.05, 3.63) is 35.9 Å². The molecule has 5 nitrogen and oxygen atoms in total. The predicted molar refractivity (Wildman–Crippen MR) is 105 cm³/mol. The minimum atomic E-state index is -0.346. The smallest absolute Gasteiger partial charge is 0.222 e. The number of aliphatic hydroxyl groups is 1. The lowest BCUT2D eigenvalue weighted by Gasteiger charge is -2.35. The van der Waals surface area contributed by atoms with Gasteiger partial charge in [0, 0.05) is 31.5 Å². The average Bonchev–Trinajstić information content (AvgIpc) is 3.08. The Balaban J connectivity index is 1.43. The molecule has 148 valence electrons. The maximum absolute atomic E-state index is 12.6. The first-order chi connectivity index (χ1) is 13.0. The van der Waals surface area contributed by atoms with Crippen molar-refractivity contribution < 1.29 is 14.7 Å². The molecular weight excluding hydrogens is 340 g/mol. The summed E-state index contributed by atoms with van der Waals surface area (Å²) in [5, 5.41) is 13.6. The molecule has 27 heavy (non-hydrogen) atoms. The van der Waals surface area contributed by atoms with E-state index in [1.807, 2.05) is 35.2 Å². The van der Waals surface area contributed by atoms with Crippen LogP contribution < -0.4 is 5.32 Å². The molecule has 0 saturated carbocycles. The first kappa shape index (κ1) is 19.9. The number of nitrogens with zero attached hydrogens (tertiary/aromatic N) is 1. The van der Waals surface area contributed by atoms with Crippen LogP contribution in [0.25, 0.3) is 0 Å². The van der Waals surface area contributed by atoms with Crippen molar-refractivity contribution in [2.24, 2.45) is 5.92 Å². The molecule has 2 heterocycles. The van der Waals surface area contributed by atoms with Gasteiger partial charge in [-0.15, -0.1) is 0 Å². The van der Waals surface area contributed by atoms with Crippen LogP contribution in [0.4, 0.5) is 0 Å². The zero-order chi connectivity index (χ0) is 19.3. The van der Waals surface area contributed by atoms with Crippen LogP contribution in [0.2, 0.25) is 0 Å². The van der Waals surface area contributed by atoms with E-state index in [9.17, 15) is 14.7 Å². The molecule has 3 rings (SSSR count). The van der Waals surface area contributed by atoms with E-state index in [-0.39, 0.29) is 29.4 Å². The van der Waals surface area contributed by atoms with Crippen molar-refractivity contribution in [1.29, 1.82) is 0 Å². The SMILES string of the molecule is CC[C@@]1(CCC(=O)N2CCC([C@@H](O)Cc3ccccc3)CC2)CCC(=O)N1. The molecule has 5 heteroatoms. The Bertz CT molecular complexity index is 640. The lowest BCUT2D eigenvalue weighted by atomic mass is 9.87.